The number of sulfone groups is 1. The number of nitrogens with two attached hydrogens (primary N) is 1. The van der Waals surface area contributed by atoms with Crippen molar-refractivity contribution in [1.29, 1.82) is 0 Å². The normalized spacial score (nSPS) is 12.3. The van der Waals surface area contributed by atoms with Crippen LogP contribution in [0.15, 0.2) is 46.2 Å². The number of H-pyrrole nitrogens is 1. The van der Waals surface area contributed by atoms with Crippen LogP contribution >= 0.6 is 11.6 Å². The Bertz CT molecular complexity index is 1380. The molecule has 0 aliphatic carbocycles. The summed E-state index contributed by atoms with van der Waals surface area (Å²) in [6.45, 7) is 4.46. The molecule has 0 saturated carbocycles. The van der Waals surface area contributed by atoms with Gasteiger partial charge in [0.05, 0.1) is 11.4 Å². The molecule has 10 nitrogen and oxygen atoms in total. The molecule has 1 heterocycles. The maximum atomic E-state index is 13.7. The van der Waals surface area contributed by atoms with Crippen molar-refractivity contribution in [3.8, 4) is 0 Å². The van der Waals surface area contributed by atoms with Gasteiger partial charge in [-0.3, -0.25) is 19.8 Å². The molecular formula is C22H24ClN5O5S. The van der Waals surface area contributed by atoms with E-state index in [1.54, 1.807) is 26.0 Å². The van der Waals surface area contributed by atoms with Crippen LogP contribution in [-0.4, -0.2) is 43.7 Å². The van der Waals surface area contributed by atoms with E-state index in [1.807, 2.05) is 11.5 Å². The van der Waals surface area contributed by atoms with Gasteiger partial charge in [0.2, 0.25) is 15.7 Å². The van der Waals surface area contributed by atoms with E-state index < -0.39 is 40.1 Å². The molecule has 2 aromatic carbocycles. The molecule has 6 N–H and O–H groups in total. The van der Waals surface area contributed by atoms with E-state index in [9.17, 15) is 22.8 Å². The molecule has 0 radical (unpaired) electrons. The van der Waals surface area contributed by atoms with Crippen LogP contribution in [0.3, 0.4) is 0 Å². The Kier molecular flexibility index (Phi) is 7.29. The number of benzene rings is 2. The molecule has 0 aliphatic rings. The van der Waals surface area contributed by atoms with E-state index in [0.717, 1.165) is 11.1 Å². The number of aryl methyl sites for hydroxylation is 2. The second kappa shape index (κ2) is 9.84. The quantitative estimate of drug-likeness (QED) is 0.185. The van der Waals surface area contributed by atoms with Crippen LogP contribution in [0, 0.1) is 13.8 Å². The van der Waals surface area contributed by atoms with Gasteiger partial charge in [-0.15, -0.1) is 0 Å². The topological polar surface area (TPSA) is 163 Å². The standard InChI is InChI=1S/C22H24ClN5O5S/c1-11-6-12(2)8-15(7-11)34(32,33)20-16-9-14(23)4-5-17(16)27-19(20)22(31)25-10-18(29)26-13(3)21(30)28-24/h4-9,13,27H,10,24H2,1-3H3,(H,25,31)(H,26,29)(H,28,30). The number of amides is 3. The number of hydrogen-bond acceptors (Lipinski definition) is 6. The van der Waals surface area contributed by atoms with E-state index in [1.165, 1.54) is 25.1 Å². The number of hydrogen-bond donors (Lipinski definition) is 5. The zero-order valence-corrected chi connectivity index (χ0v) is 20.2. The number of nitrogens with one attached hydrogen (secondary N) is 4. The zero-order chi connectivity index (χ0) is 25.2. The first kappa shape index (κ1) is 25.2. The average molecular weight is 506 g/mol. The summed E-state index contributed by atoms with van der Waals surface area (Å²) in [5.74, 6) is 2.93. The summed E-state index contributed by atoms with van der Waals surface area (Å²) in [4.78, 5) is 39.2. The molecule has 0 saturated heterocycles. The van der Waals surface area contributed by atoms with Gasteiger partial charge in [0.1, 0.15) is 16.6 Å². The molecule has 0 bridgehead atoms. The van der Waals surface area contributed by atoms with Crippen LogP contribution in [0.5, 0.6) is 0 Å². The van der Waals surface area contributed by atoms with Gasteiger partial charge in [0, 0.05) is 15.9 Å². The van der Waals surface area contributed by atoms with Gasteiger partial charge in [-0.05, 0) is 62.2 Å². The Balaban J connectivity index is 2.00. The third-order valence-electron chi connectivity index (χ3n) is 5.04. The van der Waals surface area contributed by atoms with Crippen LogP contribution < -0.4 is 21.9 Å². The van der Waals surface area contributed by atoms with Gasteiger partial charge in [-0.1, -0.05) is 17.7 Å². The first-order chi connectivity index (χ1) is 15.9. The van der Waals surface area contributed by atoms with Gasteiger partial charge in [0.25, 0.3) is 11.8 Å². The minimum absolute atomic E-state index is 0.0271. The number of rotatable bonds is 7. The Hall–Kier alpha value is -3.41. The molecule has 1 unspecified atom stereocenters. The number of hydrazine groups is 1. The van der Waals surface area contributed by atoms with E-state index in [2.05, 4.69) is 15.6 Å². The molecule has 3 amide bonds. The highest BCUT2D eigenvalue weighted by atomic mass is 35.5. The van der Waals surface area contributed by atoms with Crippen LogP contribution in [0.2, 0.25) is 5.02 Å². The molecule has 3 rings (SSSR count). The second-order valence-electron chi connectivity index (χ2n) is 7.83. The summed E-state index contributed by atoms with van der Waals surface area (Å²) in [6.07, 6.45) is 0. The first-order valence-corrected chi connectivity index (χ1v) is 12.0. The van der Waals surface area contributed by atoms with E-state index in [4.69, 9.17) is 17.4 Å². The number of halogens is 1. The lowest BCUT2D eigenvalue weighted by molar-refractivity contribution is -0.128. The third kappa shape index (κ3) is 5.22. The van der Waals surface area contributed by atoms with E-state index in [-0.39, 0.29) is 20.9 Å². The summed E-state index contributed by atoms with van der Waals surface area (Å²) < 4.78 is 27.3. The second-order valence-corrected chi connectivity index (χ2v) is 10.1. The largest absolute Gasteiger partial charge is 0.349 e. The van der Waals surface area contributed by atoms with Crippen molar-refractivity contribution in [2.75, 3.05) is 6.54 Å². The van der Waals surface area contributed by atoms with Gasteiger partial charge in [-0.25, -0.2) is 14.3 Å². The predicted molar refractivity (Wildman–Crippen MR) is 127 cm³/mol. The van der Waals surface area contributed by atoms with Crippen molar-refractivity contribution in [3.63, 3.8) is 0 Å². The lowest BCUT2D eigenvalue weighted by Crippen LogP contribution is -2.49. The molecule has 3 aromatic rings. The Morgan fingerprint density at radius 1 is 1.09 bits per heavy atom. The van der Waals surface area contributed by atoms with Gasteiger partial charge in [-0.2, -0.15) is 0 Å². The predicted octanol–water partition coefficient (Wildman–Crippen LogP) is 1.50. The fourth-order valence-corrected chi connectivity index (χ4v) is 5.48. The van der Waals surface area contributed by atoms with Gasteiger partial charge in [0.15, 0.2) is 0 Å². The molecule has 1 atom stereocenters. The highest BCUT2D eigenvalue weighted by molar-refractivity contribution is 7.91. The Morgan fingerprint density at radius 3 is 2.35 bits per heavy atom. The number of fused-ring (bicyclic) bond motifs is 1. The maximum Gasteiger partial charge on any atom is 0.269 e. The number of aromatic nitrogens is 1. The average Bonchev–Trinajstić information content (AvgIpc) is 3.15. The molecule has 34 heavy (non-hydrogen) atoms. The maximum absolute atomic E-state index is 13.7. The lowest BCUT2D eigenvalue weighted by Gasteiger charge is -2.13. The smallest absolute Gasteiger partial charge is 0.269 e. The van der Waals surface area contributed by atoms with Crippen molar-refractivity contribution in [1.82, 2.24) is 21.0 Å². The monoisotopic (exact) mass is 505 g/mol. The zero-order valence-electron chi connectivity index (χ0n) is 18.7. The lowest BCUT2D eigenvalue weighted by atomic mass is 10.2. The summed E-state index contributed by atoms with van der Waals surface area (Å²) in [6, 6.07) is 8.53. The highest BCUT2D eigenvalue weighted by Crippen LogP contribution is 2.34. The minimum Gasteiger partial charge on any atom is -0.349 e. The van der Waals surface area contributed by atoms with Crippen LogP contribution in [-0.2, 0) is 19.4 Å². The minimum atomic E-state index is -4.15. The van der Waals surface area contributed by atoms with Crippen molar-refractivity contribution in [2.45, 2.75) is 36.6 Å². The number of aromatic amines is 1. The molecule has 0 aliphatic heterocycles. The first-order valence-electron chi connectivity index (χ1n) is 10.2. The SMILES string of the molecule is Cc1cc(C)cc(S(=O)(=O)c2c(C(=O)NCC(=O)NC(C)C(=O)NN)[nH]c3ccc(Cl)cc23)c1. The van der Waals surface area contributed by atoms with Crippen LogP contribution in [0.1, 0.15) is 28.5 Å². The van der Waals surface area contributed by atoms with Crippen molar-refractivity contribution in [2.24, 2.45) is 5.84 Å². The van der Waals surface area contributed by atoms with Crippen molar-refractivity contribution >= 4 is 50.1 Å². The third-order valence-corrected chi connectivity index (χ3v) is 7.09. The molecule has 0 fully saturated rings. The van der Waals surface area contributed by atoms with Crippen LogP contribution in [0.25, 0.3) is 10.9 Å². The number of carbonyl (C=O) groups is 3. The van der Waals surface area contributed by atoms with Crippen LogP contribution in [0.4, 0.5) is 0 Å². The molecule has 180 valence electrons. The Morgan fingerprint density at radius 2 is 1.74 bits per heavy atom. The fourth-order valence-electron chi connectivity index (χ4n) is 3.52. The number of carbonyl (C=O) groups excluding carboxylic acids is 3. The fraction of sp³-hybridized carbons (Fsp3) is 0.227. The van der Waals surface area contributed by atoms with Crippen molar-refractivity contribution < 1.29 is 22.8 Å². The molecule has 1 aromatic heterocycles. The summed E-state index contributed by atoms with van der Waals surface area (Å²) in [5, 5.41) is 5.28. The Labute approximate surface area is 201 Å². The van der Waals surface area contributed by atoms with Gasteiger partial charge < -0.3 is 15.6 Å². The van der Waals surface area contributed by atoms with Gasteiger partial charge >= 0.3 is 0 Å². The van der Waals surface area contributed by atoms with E-state index in [0.29, 0.717) is 10.5 Å². The van der Waals surface area contributed by atoms with Crippen molar-refractivity contribution in [3.05, 3.63) is 58.2 Å². The highest BCUT2D eigenvalue weighted by Gasteiger charge is 2.30. The molecule has 0 spiro atoms. The molecular weight excluding hydrogens is 482 g/mol. The summed E-state index contributed by atoms with van der Waals surface area (Å²) >= 11 is 6.11. The van der Waals surface area contributed by atoms with E-state index >= 15 is 0 Å². The molecule has 12 heteroatoms. The summed E-state index contributed by atoms with van der Waals surface area (Å²) in [7, 11) is -4.15. The summed E-state index contributed by atoms with van der Waals surface area (Å²) in [5.41, 5.74) is 3.54.